The van der Waals surface area contributed by atoms with Gasteiger partial charge in [-0.25, -0.2) is 0 Å². The predicted molar refractivity (Wildman–Crippen MR) is 51.8 cm³/mol. The molecule has 1 rings (SSSR count). The number of hydrogen-bond donors (Lipinski definition) is 1. The van der Waals surface area contributed by atoms with E-state index in [0.717, 1.165) is 49.0 Å². The molecule has 0 amide bonds. The standard InChI is InChI=1S/C7H11N2.BF3.K/c1-7(2,3)6-4-5-8-9-6;2-1(3)4;/h4H,1-3H3,(H,8,9);;. The summed E-state index contributed by atoms with van der Waals surface area (Å²) in [6.07, 6.45) is 0. The van der Waals surface area contributed by atoms with Crippen molar-refractivity contribution in [3.05, 3.63) is 11.8 Å². The van der Waals surface area contributed by atoms with Gasteiger partial charge < -0.3 is 0 Å². The Labute approximate surface area is 116 Å². The number of halogens is 3. The van der Waals surface area contributed by atoms with Gasteiger partial charge in [-0.15, -0.1) is 0 Å². The van der Waals surface area contributed by atoms with Gasteiger partial charge in [-0.2, -0.15) is 0 Å². The van der Waals surface area contributed by atoms with Crippen LogP contribution in [0.4, 0.5) is 12.9 Å². The smallest absolute Gasteiger partial charge is 0.254 e. The zero-order valence-corrected chi connectivity index (χ0v) is 11.9. The van der Waals surface area contributed by atoms with Crippen molar-refractivity contribution in [3.8, 4) is 0 Å². The summed E-state index contributed by atoms with van der Waals surface area (Å²) in [4.78, 5) is 0. The number of aromatic nitrogens is 2. The van der Waals surface area contributed by atoms with E-state index in [0.29, 0.717) is 0 Å². The molecule has 0 unspecified atom stereocenters. The molecule has 1 heterocycles. The fraction of sp³-hybridized carbons (Fsp3) is 0.571. The van der Waals surface area contributed by atoms with Crippen molar-refractivity contribution in [2.24, 2.45) is 0 Å². The number of aromatic amines is 1. The SMILES string of the molecule is CC(C)(C)c1c[c]([K])[nH]n1.FB(F)F. The largest absolute Gasteiger partial charge is 0.762 e. The molecular formula is C7H11BF3KN2. The Balaban J connectivity index is 0.000000364. The van der Waals surface area contributed by atoms with Crippen molar-refractivity contribution in [2.45, 2.75) is 26.2 Å². The van der Waals surface area contributed by atoms with Gasteiger partial charge in [-0.1, -0.05) is 0 Å². The van der Waals surface area contributed by atoms with Gasteiger partial charge in [-0.3, -0.25) is 12.9 Å². The first-order valence-corrected chi connectivity index (χ1v) is 5.74. The monoisotopic (exact) mass is 230 g/mol. The van der Waals surface area contributed by atoms with Gasteiger partial charge in [0.05, 0.1) is 0 Å². The quantitative estimate of drug-likeness (QED) is 0.670. The van der Waals surface area contributed by atoms with Crippen molar-refractivity contribution in [1.29, 1.82) is 0 Å². The van der Waals surface area contributed by atoms with Crippen LogP contribution in [0.2, 0.25) is 0 Å². The van der Waals surface area contributed by atoms with Gasteiger partial charge in [0.15, 0.2) is 0 Å². The summed E-state index contributed by atoms with van der Waals surface area (Å²) in [7, 11) is -3.67. The molecule has 0 aliphatic heterocycles. The molecule has 0 bridgehead atoms. The minimum absolute atomic E-state index is 0.201. The molecule has 0 fully saturated rings. The van der Waals surface area contributed by atoms with Crippen molar-refractivity contribution < 1.29 is 12.9 Å². The summed E-state index contributed by atoms with van der Waals surface area (Å²) < 4.78 is 30.3. The predicted octanol–water partition coefficient (Wildman–Crippen LogP) is 1.38. The number of H-pyrrole nitrogens is 1. The summed E-state index contributed by atoms with van der Waals surface area (Å²) in [5.74, 6) is 0. The van der Waals surface area contributed by atoms with Gasteiger partial charge in [0.25, 0.3) is 0 Å². The number of nitrogens with one attached hydrogen (secondary N) is 1. The number of nitrogens with zero attached hydrogens (tertiary/aromatic N) is 1. The second kappa shape index (κ2) is 6.32. The molecule has 0 aliphatic carbocycles. The molecule has 0 aromatic carbocycles. The van der Waals surface area contributed by atoms with Crippen LogP contribution in [0.15, 0.2) is 6.07 Å². The normalized spacial score (nSPS) is 10.6. The van der Waals surface area contributed by atoms with E-state index in [2.05, 4.69) is 37.0 Å². The Morgan fingerprint density at radius 2 is 1.79 bits per heavy atom. The van der Waals surface area contributed by atoms with Gasteiger partial charge >= 0.3 is 104 Å². The molecule has 1 aromatic heterocycles. The Bertz CT molecular complexity index is 269. The number of rotatable bonds is 0. The Morgan fingerprint density at radius 3 is 1.93 bits per heavy atom. The zero-order chi connectivity index (χ0) is 11.4. The van der Waals surface area contributed by atoms with Crippen molar-refractivity contribution >= 4 is 56.3 Å². The van der Waals surface area contributed by atoms with Crippen LogP contribution in [-0.2, 0) is 5.41 Å². The van der Waals surface area contributed by atoms with Gasteiger partial charge in [-0.05, 0) is 0 Å². The molecule has 1 N–H and O–H groups in total. The average Bonchev–Trinajstić information content (AvgIpc) is 2.32. The van der Waals surface area contributed by atoms with Crippen LogP contribution < -0.4 is -0.212 Å². The summed E-state index contributed by atoms with van der Waals surface area (Å²) in [6.45, 7) is 6.53. The molecule has 1 aromatic rings. The average molecular weight is 230 g/mol. The fourth-order valence-electron chi connectivity index (χ4n) is 0.802. The Kier molecular flexibility index (Phi) is 6.64. The summed E-state index contributed by atoms with van der Waals surface area (Å²) >= 11 is 0.726. The summed E-state index contributed by atoms with van der Waals surface area (Å²) in [6, 6.07) is 2.17. The van der Waals surface area contributed by atoms with Crippen LogP contribution in [0.5, 0.6) is 0 Å². The minimum atomic E-state index is -3.67. The topological polar surface area (TPSA) is 28.7 Å². The molecule has 7 heteroatoms. The van der Waals surface area contributed by atoms with Crippen LogP contribution in [0, 0.1) is 0 Å². The molecule has 0 saturated carbocycles. The first-order valence-electron chi connectivity index (χ1n) is 4.18. The third-order valence-electron chi connectivity index (χ3n) is 1.47. The minimum Gasteiger partial charge on any atom is -0.254 e. The van der Waals surface area contributed by atoms with Crippen molar-refractivity contribution in [1.82, 2.24) is 10.2 Å². The molecule has 0 aliphatic rings. The molecule has 14 heavy (non-hydrogen) atoms. The van der Waals surface area contributed by atoms with E-state index in [1.165, 1.54) is 5.48 Å². The van der Waals surface area contributed by atoms with E-state index in [4.69, 9.17) is 0 Å². The van der Waals surface area contributed by atoms with E-state index in [1.54, 1.807) is 0 Å². The number of hydrogen-bond acceptors (Lipinski definition) is 1. The fourth-order valence-corrected chi connectivity index (χ4v) is 1.40. The molecular weight excluding hydrogens is 219 g/mol. The molecule has 0 spiro atoms. The first-order chi connectivity index (χ1) is 6.23. The van der Waals surface area contributed by atoms with E-state index in [1.807, 2.05) is 0 Å². The second-order valence-electron chi connectivity index (χ2n) is 3.93. The third kappa shape index (κ3) is 7.05. The van der Waals surface area contributed by atoms with Crippen molar-refractivity contribution in [3.63, 3.8) is 0 Å². The Morgan fingerprint density at radius 1 is 1.36 bits per heavy atom. The van der Waals surface area contributed by atoms with Crippen LogP contribution in [0.3, 0.4) is 0 Å². The Hall–Kier alpha value is 0.701. The van der Waals surface area contributed by atoms with Crippen molar-refractivity contribution in [2.75, 3.05) is 0 Å². The van der Waals surface area contributed by atoms with E-state index in [-0.39, 0.29) is 5.41 Å². The van der Waals surface area contributed by atoms with Crippen LogP contribution in [-0.4, -0.2) is 66.7 Å². The van der Waals surface area contributed by atoms with Crippen LogP contribution >= 0.6 is 0 Å². The molecule has 2 nitrogen and oxygen atoms in total. The van der Waals surface area contributed by atoms with Gasteiger partial charge in [0, 0.05) is 0 Å². The molecule has 74 valence electrons. The van der Waals surface area contributed by atoms with Gasteiger partial charge in [0.1, 0.15) is 0 Å². The maximum absolute atomic E-state index is 9.67. The van der Waals surface area contributed by atoms with Crippen LogP contribution in [0.1, 0.15) is 26.5 Å². The van der Waals surface area contributed by atoms with E-state index < -0.39 is 7.54 Å². The summed E-state index contributed by atoms with van der Waals surface area (Å²) in [5, 5.41) is 7.22. The van der Waals surface area contributed by atoms with Crippen LogP contribution in [0.25, 0.3) is 0 Å². The van der Waals surface area contributed by atoms with E-state index >= 15 is 0 Å². The molecule has 0 saturated heterocycles. The first kappa shape index (κ1) is 14.7. The third-order valence-corrected chi connectivity index (χ3v) is 2.27. The maximum Gasteiger partial charge on any atom is 0.762 e. The summed E-state index contributed by atoms with van der Waals surface area (Å²) in [5.41, 5.74) is 1.38. The molecule has 0 atom stereocenters. The molecule has 0 radical (unpaired) electrons. The maximum atomic E-state index is 9.67. The van der Waals surface area contributed by atoms with Gasteiger partial charge in [0.2, 0.25) is 0 Å². The zero-order valence-electron chi connectivity index (χ0n) is 8.74. The van der Waals surface area contributed by atoms with E-state index in [9.17, 15) is 12.9 Å². The second-order valence-corrected chi connectivity index (χ2v) is 5.62.